The highest BCUT2D eigenvalue weighted by Crippen LogP contribution is 2.15. The molecule has 0 fully saturated rings. The number of benzene rings is 2. The van der Waals surface area contributed by atoms with Gasteiger partial charge in [-0.1, -0.05) is 12.1 Å². The normalized spacial score (nSPS) is 10.0. The number of amides is 3. The van der Waals surface area contributed by atoms with Crippen molar-refractivity contribution in [2.45, 2.75) is 6.42 Å². The van der Waals surface area contributed by atoms with E-state index in [1.807, 2.05) is 0 Å². The van der Waals surface area contributed by atoms with Crippen LogP contribution in [0.25, 0.3) is 0 Å². The molecule has 24 heavy (non-hydrogen) atoms. The first-order valence-electron chi connectivity index (χ1n) is 7.33. The van der Waals surface area contributed by atoms with Gasteiger partial charge >= 0.3 is 6.03 Å². The van der Waals surface area contributed by atoms with Crippen molar-refractivity contribution in [2.24, 2.45) is 5.73 Å². The fourth-order valence-corrected chi connectivity index (χ4v) is 1.98. The van der Waals surface area contributed by atoms with Gasteiger partial charge in [0.1, 0.15) is 11.6 Å². The van der Waals surface area contributed by atoms with Crippen LogP contribution >= 0.6 is 0 Å². The summed E-state index contributed by atoms with van der Waals surface area (Å²) in [4.78, 5) is 22.4. The van der Waals surface area contributed by atoms with Crippen molar-refractivity contribution in [3.8, 4) is 5.75 Å². The maximum Gasteiger partial charge on any atom is 0.319 e. The molecule has 126 valence electrons. The minimum Gasteiger partial charge on any atom is -0.484 e. The molecule has 0 heterocycles. The third kappa shape index (κ3) is 5.96. The molecule has 2 aromatic carbocycles. The molecule has 3 amide bonds. The average Bonchev–Trinajstić information content (AvgIpc) is 2.54. The Labute approximate surface area is 138 Å². The number of carbonyl (C=O) groups excluding carboxylic acids is 2. The van der Waals surface area contributed by atoms with E-state index in [1.165, 1.54) is 12.1 Å². The molecule has 0 unspecified atom stereocenters. The van der Waals surface area contributed by atoms with Crippen LogP contribution in [0.5, 0.6) is 5.75 Å². The molecule has 2 aromatic rings. The van der Waals surface area contributed by atoms with Gasteiger partial charge in [0.05, 0.1) is 0 Å². The lowest BCUT2D eigenvalue weighted by molar-refractivity contribution is -0.119. The zero-order chi connectivity index (χ0) is 17.4. The average molecular weight is 331 g/mol. The standard InChI is InChI=1S/C17H18FN3O3/c18-13-3-1-2-12(10-13)8-9-20-17(23)21-14-4-6-15(7-5-14)24-11-16(19)22/h1-7,10H,8-9,11H2,(H2,19,22)(H2,20,21,23). The smallest absolute Gasteiger partial charge is 0.319 e. The number of anilines is 1. The Balaban J connectivity index is 1.74. The Morgan fingerprint density at radius 2 is 1.88 bits per heavy atom. The number of nitrogens with two attached hydrogens (primary N) is 1. The fraction of sp³-hybridized carbons (Fsp3) is 0.176. The summed E-state index contributed by atoms with van der Waals surface area (Å²) in [6.45, 7) is 0.183. The van der Waals surface area contributed by atoms with Crippen LogP contribution in [0.4, 0.5) is 14.9 Å². The highest BCUT2D eigenvalue weighted by atomic mass is 19.1. The molecule has 0 bridgehead atoms. The van der Waals surface area contributed by atoms with Gasteiger partial charge in [-0.3, -0.25) is 4.79 Å². The second kappa shape index (κ2) is 8.52. The third-order valence-corrected chi connectivity index (χ3v) is 3.08. The molecule has 2 rings (SSSR count). The molecule has 0 aliphatic rings. The fourth-order valence-electron chi connectivity index (χ4n) is 1.98. The number of hydrogen-bond acceptors (Lipinski definition) is 3. The zero-order valence-electron chi connectivity index (χ0n) is 12.9. The monoisotopic (exact) mass is 331 g/mol. The minimum atomic E-state index is -0.560. The van der Waals surface area contributed by atoms with Gasteiger partial charge in [0, 0.05) is 12.2 Å². The van der Waals surface area contributed by atoms with Crippen molar-refractivity contribution in [1.82, 2.24) is 5.32 Å². The number of halogens is 1. The van der Waals surface area contributed by atoms with Crippen molar-refractivity contribution in [2.75, 3.05) is 18.5 Å². The lowest BCUT2D eigenvalue weighted by Gasteiger charge is -2.09. The Hall–Kier alpha value is -3.09. The summed E-state index contributed by atoms with van der Waals surface area (Å²) in [6.07, 6.45) is 0.533. The van der Waals surface area contributed by atoms with Gasteiger partial charge < -0.3 is 21.1 Å². The Morgan fingerprint density at radius 3 is 2.54 bits per heavy atom. The molecule has 0 aliphatic heterocycles. The molecule has 4 N–H and O–H groups in total. The maximum atomic E-state index is 13.0. The SMILES string of the molecule is NC(=O)COc1ccc(NC(=O)NCCc2cccc(F)c2)cc1. The van der Waals surface area contributed by atoms with E-state index < -0.39 is 5.91 Å². The largest absolute Gasteiger partial charge is 0.484 e. The van der Waals surface area contributed by atoms with Gasteiger partial charge in [-0.05, 0) is 48.4 Å². The van der Waals surface area contributed by atoms with Gasteiger partial charge in [-0.25, -0.2) is 9.18 Å². The second-order valence-electron chi connectivity index (χ2n) is 5.04. The number of nitrogens with one attached hydrogen (secondary N) is 2. The summed E-state index contributed by atoms with van der Waals surface area (Å²) >= 11 is 0. The molecule has 0 saturated heterocycles. The van der Waals surface area contributed by atoms with Crippen molar-refractivity contribution >= 4 is 17.6 Å². The Morgan fingerprint density at radius 1 is 1.12 bits per heavy atom. The summed E-state index contributed by atoms with van der Waals surface area (Å²) in [5.41, 5.74) is 6.37. The van der Waals surface area contributed by atoms with Crippen LogP contribution in [0.2, 0.25) is 0 Å². The van der Waals surface area contributed by atoms with Crippen molar-refractivity contribution in [3.05, 3.63) is 59.9 Å². The minimum absolute atomic E-state index is 0.201. The molecule has 7 heteroatoms. The Bertz CT molecular complexity index is 704. The van der Waals surface area contributed by atoms with Gasteiger partial charge in [-0.2, -0.15) is 0 Å². The highest BCUT2D eigenvalue weighted by molar-refractivity contribution is 5.89. The van der Waals surface area contributed by atoms with Crippen LogP contribution in [-0.4, -0.2) is 25.1 Å². The van der Waals surface area contributed by atoms with E-state index in [-0.39, 0.29) is 18.5 Å². The third-order valence-electron chi connectivity index (χ3n) is 3.08. The topological polar surface area (TPSA) is 93.5 Å². The molecule has 6 nitrogen and oxygen atoms in total. The van der Waals surface area contributed by atoms with E-state index >= 15 is 0 Å². The van der Waals surface area contributed by atoms with Gasteiger partial charge in [-0.15, -0.1) is 0 Å². The van der Waals surface area contributed by atoms with Crippen molar-refractivity contribution in [3.63, 3.8) is 0 Å². The van der Waals surface area contributed by atoms with Crippen molar-refractivity contribution in [1.29, 1.82) is 0 Å². The van der Waals surface area contributed by atoms with Gasteiger partial charge in [0.2, 0.25) is 0 Å². The van der Waals surface area contributed by atoms with E-state index in [4.69, 9.17) is 10.5 Å². The number of carbonyl (C=O) groups is 2. The van der Waals surface area contributed by atoms with E-state index in [0.717, 1.165) is 5.56 Å². The molecular formula is C17H18FN3O3. The van der Waals surface area contributed by atoms with Gasteiger partial charge in [0.25, 0.3) is 5.91 Å². The highest BCUT2D eigenvalue weighted by Gasteiger charge is 2.03. The van der Waals surface area contributed by atoms with E-state index in [1.54, 1.807) is 36.4 Å². The summed E-state index contributed by atoms with van der Waals surface area (Å²) < 4.78 is 18.2. The number of primary amides is 1. The molecule has 0 saturated carbocycles. The summed E-state index contributed by atoms with van der Waals surface area (Å²) in [6, 6.07) is 12.4. The maximum absolute atomic E-state index is 13.0. The van der Waals surface area contributed by atoms with Crippen molar-refractivity contribution < 1.29 is 18.7 Å². The van der Waals surface area contributed by atoms with Gasteiger partial charge in [0.15, 0.2) is 6.61 Å². The lowest BCUT2D eigenvalue weighted by atomic mass is 10.1. The molecule has 0 spiro atoms. The van der Waals surface area contributed by atoms with Crippen LogP contribution < -0.4 is 21.1 Å². The molecule has 0 aliphatic carbocycles. The first kappa shape index (κ1) is 17.3. The van der Waals surface area contributed by atoms with Crippen LogP contribution in [0.3, 0.4) is 0 Å². The quantitative estimate of drug-likeness (QED) is 0.725. The predicted octanol–water partition coefficient (Wildman–Crippen LogP) is 2.05. The summed E-state index contributed by atoms with van der Waals surface area (Å²) in [5, 5.41) is 5.35. The van der Waals surface area contributed by atoms with Crippen LogP contribution in [0.1, 0.15) is 5.56 Å². The van der Waals surface area contributed by atoms with E-state index in [2.05, 4.69) is 10.6 Å². The van der Waals surface area contributed by atoms with Crippen LogP contribution in [0, 0.1) is 5.82 Å². The number of rotatable bonds is 7. The van der Waals surface area contributed by atoms with Crippen LogP contribution in [-0.2, 0) is 11.2 Å². The Kier molecular flexibility index (Phi) is 6.13. The first-order chi connectivity index (χ1) is 11.5. The lowest BCUT2D eigenvalue weighted by Crippen LogP contribution is -2.30. The summed E-state index contributed by atoms with van der Waals surface area (Å²) in [5.74, 6) is -0.378. The number of ether oxygens (including phenoxy) is 1. The molecular weight excluding hydrogens is 313 g/mol. The second-order valence-corrected chi connectivity index (χ2v) is 5.04. The molecule has 0 radical (unpaired) electrons. The molecule has 0 aromatic heterocycles. The van der Waals surface area contributed by atoms with Crippen LogP contribution in [0.15, 0.2) is 48.5 Å². The van der Waals surface area contributed by atoms with E-state index in [9.17, 15) is 14.0 Å². The number of urea groups is 1. The van der Waals surface area contributed by atoms with E-state index in [0.29, 0.717) is 24.4 Å². The summed E-state index contributed by atoms with van der Waals surface area (Å²) in [7, 11) is 0. The zero-order valence-corrected chi connectivity index (χ0v) is 12.9. The number of hydrogen-bond donors (Lipinski definition) is 3. The predicted molar refractivity (Wildman–Crippen MR) is 88.3 cm³/mol. The molecule has 0 atom stereocenters. The first-order valence-corrected chi connectivity index (χ1v) is 7.33.